The summed E-state index contributed by atoms with van der Waals surface area (Å²) in [6, 6.07) is 7.40. The Labute approximate surface area is 149 Å². The molecule has 4 heteroatoms. The number of benzene rings is 1. The maximum atomic E-state index is 12.3. The lowest BCUT2D eigenvalue weighted by Gasteiger charge is -2.54. The van der Waals surface area contributed by atoms with Crippen LogP contribution in [0.1, 0.15) is 55.8 Å². The normalized spacial score (nSPS) is 32.4. The van der Waals surface area contributed by atoms with Crippen molar-refractivity contribution >= 4 is 11.7 Å². The molecule has 4 fully saturated rings. The molecular formula is C21H27NO3. The summed E-state index contributed by atoms with van der Waals surface area (Å²) >= 11 is 0. The van der Waals surface area contributed by atoms with Crippen LogP contribution in [0.4, 0.5) is 0 Å². The second-order valence-corrected chi connectivity index (χ2v) is 8.11. The quantitative estimate of drug-likeness (QED) is 0.804. The summed E-state index contributed by atoms with van der Waals surface area (Å²) in [5, 5.41) is 3.25. The molecule has 25 heavy (non-hydrogen) atoms. The van der Waals surface area contributed by atoms with E-state index in [-0.39, 0.29) is 18.3 Å². The lowest BCUT2D eigenvalue weighted by Crippen LogP contribution is -2.56. The molecule has 1 aromatic rings. The Morgan fingerprint density at radius 3 is 2.16 bits per heavy atom. The molecule has 1 amide bonds. The highest BCUT2D eigenvalue weighted by molar-refractivity contribution is 5.95. The van der Waals surface area contributed by atoms with Gasteiger partial charge >= 0.3 is 0 Å². The number of carbonyl (C=O) groups is 2. The van der Waals surface area contributed by atoms with E-state index in [1.165, 1.54) is 32.1 Å². The number of Topliss-reactive ketones (excluding diaryl/α,β-unsaturated/α-hetero) is 1. The first-order valence-electron chi connectivity index (χ1n) is 9.67. The summed E-state index contributed by atoms with van der Waals surface area (Å²) in [6.45, 7) is 1.89. The number of ketones is 1. The minimum absolute atomic E-state index is 0.0221. The molecule has 1 aromatic carbocycles. The molecule has 0 saturated heterocycles. The summed E-state index contributed by atoms with van der Waals surface area (Å²) in [5.74, 6) is 3.91. The van der Waals surface area contributed by atoms with E-state index in [1.807, 2.05) is 6.92 Å². The van der Waals surface area contributed by atoms with Crippen LogP contribution in [0, 0.1) is 23.7 Å². The highest BCUT2D eigenvalue weighted by atomic mass is 16.5. The molecule has 1 N–H and O–H groups in total. The summed E-state index contributed by atoms with van der Waals surface area (Å²) in [6.07, 6.45) is 7.11. The van der Waals surface area contributed by atoms with Crippen LogP contribution in [0.15, 0.2) is 24.3 Å². The van der Waals surface area contributed by atoms with Crippen LogP contribution in [0.25, 0.3) is 0 Å². The minimum Gasteiger partial charge on any atom is -0.484 e. The predicted octanol–water partition coefficient (Wildman–Crippen LogP) is 3.60. The van der Waals surface area contributed by atoms with E-state index in [9.17, 15) is 9.59 Å². The number of hydrogen-bond acceptors (Lipinski definition) is 3. The number of ether oxygens (including phenoxy) is 1. The monoisotopic (exact) mass is 341 g/mol. The van der Waals surface area contributed by atoms with Crippen LogP contribution < -0.4 is 10.1 Å². The van der Waals surface area contributed by atoms with Crippen molar-refractivity contribution < 1.29 is 14.3 Å². The van der Waals surface area contributed by atoms with E-state index < -0.39 is 0 Å². The second kappa shape index (κ2) is 6.81. The van der Waals surface area contributed by atoms with E-state index in [2.05, 4.69) is 5.32 Å². The van der Waals surface area contributed by atoms with Crippen LogP contribution in [0.3, 0.4) is 0 Å². The molecule has 5 rings (SSSR count). The molecule has 0 heterocycles. The van der Waals surface area contributed by atoms with Crippen molar-refractivity contribution in [1.82, 2.24) is 5.32 Å². The van der Waals surface area contributed by atoms with E-state index >= 15 is 0 Å². The Hall–Kier alpha value is -1.84. The molecule has 0 atom stereocenters. The Morgan fingerprint density at radius 2 is 1.60 bits per heavy atom. The molecule has 4 aliphatic rings. The smallest absolute Gasteiger partial charge is 0.258 e. The van der Waals surface area contributed by atoms with Gasteiger partial charge in [-0.15, -0.1) is 0 Å². The summed E-state index contributed by atoms with van der Waals surface area (Å²) in [4.78, 5) is 24.0. The molecule has 4 nitrogen and oxygen atoms in total. The zero-order valence-electron chi connectivity index (χ0n) is 14.9. The largest absolute Gasteiger partial charge is 0.484 e. The molecule has 4 aliphatic carbocycles. The summed E-state index contributed by atoms with van der Waals surface area (Å²) in [7, 11) is 0. The van der Waals surface area contributed by atoms with Gasteiger partial charge in [0, 0.05) is 18.0 Å². The van der Waals surface area contributed by atoms with Gasteiger partial charge in [0.15, 0.2) is 12.4 Å². The lowest BCUT2D eigenvalue weighted by molar-refractivity contribution is -0.127. The Kier molecular flexibility index (Phi) is 4.53. The van der Waals surface area contributed by atoms with Crippen LogP contribution in [-0.4, -0.2) is 24.3 Å². The van der Waals surface area contributed by atoms with Crippen molar-refractivity contribution in [1.29, 1.82) is 0 Å². The van der Waals surface area contributed by atoms with Crippen LogP contribution in [0.2, 0.25) is 0 Å². The average Bonchev–Trinajstić information content (AvgIpc) is 2.62. The van der Waals surface area contributed by atoms with Gasteiger partial charge < -0.3 is 10.1 Å². The van der Waals surface area contributed by atoms with Crippen molar-refractivity contribution in [2.45, 2.75) is 51.5 Å². The van der Waals surface area contributed by atoms with Gasteiger partial charge in [-0.2, -0.15) is 0 Å². The Balaban J connectivity index is 1.29. The molecule has 0 radical (unpaired) electrons. The zero-order valence-corrected chi connectivity index (χ0v) is 14.9. The minimum atomic E-state index is -0.0221. The lowest BCUT2D eigenvalue weighted by atomic mass is 9.54. The highest BCUT2D eigenvalue weighted by Crippen LogP contribution is 2.53. The van der Waals surface area contributed by atoms with Gasteiger partial charge in [-0.3, -0.25) is 9.59 Å². The SMILES string of the molecule is CCC(=O)c1ccc(OCC(=O)NC2C3CC4CC(C3)CC2C4)cc1. The Bertz CT molecular complexity index is 624. The number of carbonyl (C=O) groups excluding carboxylic acids is 2. The molecule has 0 aliphatic heterocycles. The first-order chi connectivity index (χ1) is 12.1. The third-order valence-corrected chi connectivity index (χ3v) is 6.42. The third kappa shape index (κ3) is 3.44. The van der Waals surface area contributed by atoms with Crippen molar-refractivity contribution in [3.05, 3.63) is 29.8 Å². The van der Waals surface area contributed by atoms with Gasteiger partial charge in [-0.1, -0.05) is 6.92 Å². The van der Waals surface area contributed by atoms with Crippen LogP contribution in [-0.2, 0) is 4.79 Å². The van der Waals surface area contributed by atoms with Crippen molar-refractivity contribution in [3.8, 4) is 5.75 Å². The predicted molar refractivity (Wildman–Crippen MR) is 95.5 cm³/mol. The van der Waals surface area contributed by atoms with Gasteiger partial charge in [0.2, 0.25) is 0 Å². The number of rotatable bonds is 6. The maximum Gasteiger partial charge on any atom is 0.258 e. The van der Waals surface area contributed by atoms with Crippen molar-refractivity contribution in [2.75, 3.05) is 6.61 Å². The molecule has 0 aromatic heterocycles. The van der Waals surface area contributed by atoms with Gasteiger partial charge in [0.05, 0.1) is 0 Å². The van der Waals surface area contributed by atoms with Gasteiger partial charge in [0.1, 0.15) is 5.75 Å². The zero-order chi connectivity index (χ0) is 17.4. The van der Waals surface area contributed by atoms with E-state index in [1.54, 1.807) is 24.3 Å². The highest BCUT2D eigenvalue weighted by Gasteiger charge is 2.48. The molecule has 4 bridgehead atoms. The average molecular weight is 341 g/mol. The second-order valence-electron chi connectivity index (χ2n) is 8.11. The van der Waals surface area contributed by atoms with Crippen molar-refractivity contribution in [2.24, 2.45) is 23.7 Å². The Morgan fingerprint density at radius 1 is 1.00 bits per heavy atom. The molecule has 4 saturated carbocycles. The van der Waals surface area contributed by atoms with Crippen molar-refractivity contribution in [3.63, 3.8) is 0 Å². The fraction of sp³-hybridized carbons (Fsp3) is 0.619. The maximum absolute atomic E-state index is 12.3. The van der Waals surface area contributed by atoms with Crippen LogP contribution in [0.5, 0.6) is 5.75 Å². The first kappa shape index (κ1) is 16.6. The molecular weight excluding hydrogens is 314 g/mol. The first-order valence-corrected chi connectivity index (χ1v) is 9.67. The molecule has 134 valence electrons. The fourth-order valence-corrected chi connectivity index (χ4v) is 5.48. The van der Waals surface area contributed by atoms with E-state index in [0.717, 1.165) is 11.8 Å². The summed E-state index contributed by atoms with van der Waals surface area (Å²) < 4.78 is 5.61. The number of amides is 1. The van der Waals surface area contributed by atoms with Gasteiger partial charge in [-0.05, 0) is 80.0 Å². The van der Waals surface area contributed by atoms with E-state index in [4.69, 9.17) is 4.74 Å². The molecule has 0 spiro atoms. The molecule has 0 unspecified atom stereocenters. The summed E-state index contributed by atoms with van der Waals surface area (Å²) in [5.41, 5.74) is 0.688. The van der Waals surface area contributed by atoms with Gasteiger partial charge in [0.25, 0.3) is 5.91 Å². The standard InChI is InChI=1S/C21H27NO3/c1-2-19(23)15-3-5-18(6-4-15)25-12-20(24)22-21-16-8-13-7-14(10-16)11-17(21)9-13/h3-6,13-14,16-17,21H,2,7-12H2,1H3,(H,22,24). The van der Waals surface area contributed by atoms with Crippen LogP contribution >= 0.6 is 0 Å². The number of nitrogens with one attached hydrogen (secondary N) is 1. The fourth-order valence-electron chi connectivity index (χ4n) is 5.48. The number of hydrogen-bond donors (Lipinski definition) is 1. The third-order valence-electron chi connectivity index (χ3n) is 6.42. The topological polar surface area (TPSA) is 55.4 Å². The van der Waals surface area contributed by atoms with E-state index in [0.29, 0.717) is 35.6 Å². The van der Waals surface area contributed by atoms with Gasteiger partial charge in [-0.25, -0.2) is 0 Å².